The largest absolute Gasteiger partial charge is 0.496 e. The lowest BCUT2D eigenvalue weighted by molar-refractivity contribution is -0.134. The number of para-hydroxylation sites is 1. The minimum Gasteiger partial charge on any atom is -0.496 e. The molecule has 178 valence electrons. The number of rotatable bonds is 8. The Morgan fingerprint density at radius 1 is 0.879 bits per heavy atom. The van der Waals surface area contributed by atoms with Crippen molar-refractivity contribution in [3.8, 4) is 5.75 Å². The lowest BCUT2D eigenvalue weighted by Crippen LogP contribution is -2.53. The molecule has 0 aliphatic carbocycles. The van der Waals surface area contributed by atoms with Gasteiger partial charge < -0.3 is 14.5 Å². The molecule has 4 rings (SSSR count). The van der Waals surface area contributed by atoms with Crippen molar-refractivity contribution in [2.24, 2.45) is 0 Å². The topological polar surface area (TPSA) is 39.3 Å². The maximum absolute atomic E-state index is 13.3. The Kier molecular flexibility index (Phi) is 8.31. The van der Waals surface area contributed by atoms with Crippen LogP contribution < -0.4 is 4.74 Å². The highest BCUT2D eigenvalue weighted by molar-refractivity contribution is 5.78. The van der Waals surface area contributed by atoms with Crippen molar-refractivity contribution in [3.05, 3.63) is 65.5 Å². The van der Waals surface area contributed by atoms with E-state index in [-0.39, 0.29) is 11.7 Å². The Labute approximate surface area is 196 Å². The van der Waals surface area contributed by atoms with Gasteiger partial charge in [0, 0.05) is 71.0 Å². The molecule has 0 aromatic heterocycles. The van der Waals surface area contributed by atoms with Crippen molar-refractivity contribution in [3.63, 3.8) is 0 Å². The Hall–Kier alpha value is -2.48. The first kappa shape index (κ1) is 23.7. The fourth-order valence-electron chi connectivity index (χ4n) is 4.67. The highest BCUT2D eigenvalue weighted by Gasteiger charge is 2.25. The van der Waals surface area contributed by atoms with Crippen LogP contribution >= 0.6 is 0 Å². The van der Waals surface area contributed by atoms with E-state index in [1.54, 1.807) is 19.2 Å². The molecule has 33 heavy (non-hydrogen) atoms. The van der Waals surface area contributed by atoms with E-state index in [2.05, 4.69) is 20.8 Å². The maximum Gasteiger partial charge on any atom is 0.236 e. The van der Waals surface area contributed by atoms with Crippen LogP contribution in [0.3, 0.4) is 0 Å². The summed E-state index contributed by atoms with van der Waals surface area (Å²) in [5, 5.41) is 0. The smallest absolute Gasteiger partial charge is 0.236 e. The molecule has 2 aliphatic rings. The lowest BCUT2D eigenvalue weighted by Gasteiger charge is -2.38. The van der Waals surface area contributed by atoms with Gasteiger partial charge in [-0.2, -0.15) is 0 Å². The van der Waals surface area contributed by atoms with E-state index in [1.807, 2.05) is 29.2 Å². The van der Waals surface area contributed by atoms with Gasteiger partial charge in [0.25, 0.3) is 0 Å². The number of hydrogen-bond donors (Lipinski definition) is 0. The number of carbonyl (C=O) groups excluding carboxylic acids is 1. The van der Waals surface area contributed by atoms with Crippen molar-refractivity contribution in [2.75, 3.05) is 72.6 Å². The van der Waals surface area contributed by atoms with Crippen molar-refractivity contribution in [1.82, 2.24) is 19.6 Å². The van der Waals surface area contributed by atoms with Crippen LogP contribution in [-0.2, 0) is 17.8 Å². The molecule has 1 amide bonds. The summed E-state index contributed by atoms with van der Waals surface area (Å²) < 4.78 is 18.8. The predicted octanol–water partition coefficient (Wildman–Crippen LogP) is 2.34. The average Bonchev–Trinajstić information content (AvgIpc) is 2.84. The maximum atomic E-state index is 13.3. The number of hydrogen-bond acceptors (Lipinski definition) is 5. The number of benzene rings is 2. The molecular weight excluding hydrogens is 419 g/mol. The number of piperazine rings is 2. The molecule has 0 N–H and O–H groups in total. The van der Waals surface area contributed by atoms with Crippen LogP contribution in [0, 0.1) is 5.82 Å². The number of methoxy groups -OCH3 is 1. The number of ether oxygens (including phenoxy) is 1. The third-order valence-electron chi connectivity index (χ3n) is 6.74. The normalized spacial score (nSPS) is 18.4. The first-order valence-electron chi connectivity index (χ1n) is 11.9. The summed E-state index contributed by atoms with van der Waals surface area (Å²) >= 11 is 0. The summed E-state index contributed by atoms with van der Waals surface area (Å²) in [6.07, 6.45) is 0.857. The second kappa shape index (κ2) is 11.6. The lowest BCUT2D eigenvalue weighted by atomic mass is 10.1. The third-order valence-corrected chi connectivity index (χ3v) is 6.74. The highest BCUT2D eigenvalue weighted by Crippen LogP contribution is 2.20. The van der Waals surface area contributed by atoms with Gasteiger partial charge in [-0.05, 0) is 30.2 Å². The molecule has 7 heteroatoms. The monoisotopic (exact) mass is 454 g/mol. The van der Waals surface area contributed by atoms with E-state index in [1.165, 1.54) is 11.6 Å². The van der Waals surface area contributed by atoms with Crippen LogP contribution in [0.1, 0.15) is 11.1 Å². The summed E-state index contributed by atoms with van der Waals surface area (Å²) in [5.74, 6) is 0.989. The predicted molar refractivity (Wildman–Crippen MR) is 128 cm³/mol. The van der Waals surface area contributed by atoms with Gasteiger partial charge in [0.1, 0.15) is 11.6 Å². The first-order chi connectivity index (χ1) is 16.1. The molecule has 2 aliphatic heterocycles. The molecule has 0 saturated carbocycles. The van der Waals surface area contributed by atoms with Crippen LogP contribution in [0.2, 0.25) is 0 Å². The second-order valence-corrected chi connectivity index (χ2v) is 8.97. The average molecular weight is 455 g/mol. The highest BCUT2D eigenvalue weighted by atomic mass is 19.1. The van der Waals surface area contributed by atoms with E-state index < -0.39 is 0 Å². The van der Waals surface area contributed by atoms with E-state index in [0.29, 0.717) is 6.54 Å². The summed E-state index contributed by atoms with van der Waals surface area (Å²) in [6, 6.07) is 15.0. The minimum atomic E-state index is -0.170. The zero-order valence-electron chi connectivity index (χ0n) is 19.6. The standard InChI is InChI=1S/C26H35FN4O2/c1-33-25-8-3-2-6-23(25)20-29-15-17-31(18-16-29)26(32)21-30-13-11-28(12-14-30)10-9-22-5-4-7-24(27)19-22/h2-8,19H,9-18,20-21H2,1H3. The van der Waals surface area contributed by atoms with Gasteiger partial charge in [-0.15, -0.1) is 0 Å². The molecule has 6 nitrogen and oxygen atoms in total. The summed E-state index contributed by atoms with van der Waals surface area (Å²) in [7, 11) is 1.71. The van der Waals surface area contributed by atoms with Crippen LogP contribution in [0.5, 0.6) is 5.75 Å². The Morgan fingerprint density at radius 2 is 1.58 bits per heavy atom. The molecule has 2 aromatic rings. The van der Waals surface area contributed by atoms with Crippen LogP contribution in [-0.4, -0.2) is 98.1 Å². The fraction of sp³-hybridized carbons (Fsp3) is 0.500. The van der Waals surface area contributed by atoms with Crippen molar-refractivity contribution >= 4 is 5.91 Å². The molecule has 2 heterocycles. The van der Waals surface area contributed by atoms with Gasteiger partial charge in [-0.25, -0.2) is 4.39 Å². The molecule has 2 fully saturated rings. The molecule has 2 saturated heterocycles. The molecule has 0 atom stereocenters. The third kappa shape index (κ3) is 6.76. The van der Waals surface area contributed by atoms with Crippen LogP contribution in [0.25, 0.3) is 0 Å². The van der Waals surface area contributed by atoms with Gasteiger partial charge in [-0.1, -0.05) is 30.3 Å². The van der Waals surface area contributed by atoms with Gasteiger partial charge in [0.05, 0.1) is 13.7 Å². The Bertz CT molecular complexity index is 909. The van der Waals surface area contributed by atoms with Crippen molar-refractivity contribution in [1.29, 1.82) is 0 Å². The SMILES string of the molecule is COc1ccccc1CN1CCN(C(=O)CN2CCN(CCc3cccc(F)c3)CC2)CC1. The molecular formula is C26H35FN4O2. The van der Waals surface area contributed by atoms with Gasteiger partial charge >= 0.3 is 0 Å². The fourth-order valence-corrected chi connectivity index (χ4v) is 4.67. The van der Waals surface area contributed by atoms with Gasteiger partial charge in [0.15, 0.2) is 0 Å². The Balaban J connectivity index is 1.15. The number of carbonyl (C=O) groups is 1. The Morgan fingerprint density at radius 3 is 2.30 bits per heavy atom. The number of amides is 1. The van der Waals surface area contributed by atoms with E-state index in [9.17, 15) is 9.18 Å². The number of nitrogens with zero attached hydrogens (tertiary/aromatic N) is 4. The van der Waals surface area contributed by atoms with Crippen LogP contribution in [0.4, 0.5) is 4.39 Å². The van der Waals surface area contributed by atoms with Gasteiger partial charge in [-0.3, -0.25) is 14.6 Å². The van der Waals surface area contributed by atoms with Crippen molar-refractivity contribution in [2.45, 2.75) is 13.0 Å². The quantitative estimate of drug-likeness (QED) is 0.612. The van der Waals surface area contributed by atoms with E-state index in [4.69, 9.17) is 4.74 Å². The molecule has 0 unspecified atom stereocenters. The molecule has 0 radical (unpaired) electrons. The molecule has 2 aromatic carbocycles. The summed E-state index contributed by atoms with van der Waals surface area (Å²) in [6.45, 7) is 9.33. The van der Waals surface area contributed by atoms with E-state index >= 15 is 0 Å². The summed E-state index contributed by atoms with van der Waals surface area (Å²) in [5.41, 5.74) is 2.23. The molecule has 0 bridgehead atoms. The zero-order chi connectivity index (χ0) is 23.0. The number of halogens is 1. The first-order valence-corrected chi connectivity index (χ1v) is 11.9. The summed E-state index contributed by atoms with van der Waals surface area (Å²) in [4.78, 5) is 21.9. The minimum absolute atomic E-state index is 0.170. The van der Waals surface area contributed by atoms with Crippen LogP contribution in [0.15, 0.2) is 48.5 Å². The van der Waals surface area contributed by atoms with Crippen molar-refractivity contribution < 1.29 is 13.9 Å². The second-order valence-electron chi connectivity index (χ2n) is 8.97. The molecule has 0 spiro atoms. The van der Waals surface area contributed by atoms with Gasteiger partial charge in [0.2, 0.25) is 5.91 Å². The van der Waals surface area contributed by atoms with E-state index in [0.717, 1.165) is 83.2 Å². The zero-order valence-corrected chi connectivity index (χ0v) is 19.6.